The summed E-state index contributed by atoms with van der Waals surface area (Å²) in [6, 6.07) is 25.9. The summed E-state index contributed by atoms with van der Waals surface area (Å²) in [5.41, 5.74) is 1.40. The lowest BCUT2D eigenvalue weighted by molar-refractivity contribution is -0.139. The van der Waals surface area contributed by atoms with Gasteiger partial charge < -0.3 is 10.2 Å². The van der Waals surface area contributed by atoms with Crippen LogP contribution in [0, 0.1) is 11.6 Å². The quantitative estimate of drug-likeness (QED) is 0.284. The van der Waals surface area contributed by atoms with Crippen LogP contribution in [0.2, 0.25) is 0 Å². The van der Waals surface area contributed by atoms with Gasteiger partial charge in [0, 0.05) is 20.0 Å². The molecule has 0 heterocycles. The number of halogens is 2. The van der Waals surface area contributed by atoms with Crippen LogP contribution in [0.4, 0.5) is 14.5 Å². The van der Waals surface area contributed by atoms with Gasteiger partial charge in [-0.05, 0) is 59.7 Å². The summed E-state index contributed by atoms with van der Waals surface area (Å²) in [5, 5.41) is 2.60. The predicted octanol–water partition coefficient (Wildman–Crippen LogP) is 4.55. The lowest BCUT2D eigenvalue weighted by Gasteiger charge is -2.33. The molecule has 41 heavy (non-hydrogen) atoms. The third-order valence-electron chi connectivity index (χ3n) is 6.51. The van der Waals surface area contributed by atoms with E-state index in [2.05, 4.69) is 5.32 Å². The van der Waals surface area contributed by atoms with Crippen molar-refractivity contribution in [2.75, 3.05) is 17.9 Å². The van der Waals surface area contributed by atoms with Crippen LogP contribution in [-0.2, 0) is 32.6 Å². The molecule has 0 radical (unpaired) electrons. The molecule has 0 saturated heterocycles. The van der Waals surface area contributed by atoms with Gasteiger partial charge in [-0.2, -0.15) is 0 Å². The van der Waals surface area contributed by atoms with Crippen LogP contribution < -0.4 is 9.62 Å². The van der Waals surface area contributed by atoms with Gasteiger partial charge in [0.15, 0.2) is 0 Å². The third kappa shape index (κ3) is 7.34. The second-order valence-corrected chi connectivity index (χ2v) is 11.1. The van der Waals surface area contributed by atoms with Crippen molar-refractivity contribution >= 4 is 27.5 Å². The van der Waals surface area contributed by atoms with E-state index >= 15 is 0 Å². The van der Waals surface area contributed by atoms with Gasteiger partial charge in [0.1, 0.15) is 24.2 Å². The predicted molar refractivity (Wildman–Crippen MR) is 152 cm³/mol. The molecule has 4 aromatic carbocycles. The number of likely N-dealkylation sites (N-methyl/N-ethyl adjacent to an activating group) is 1. The van der Waals surface area contributed by atoms with Gasteiger partial charge in [-0.15, -0.1) is 0 Å². The van der Waals surface area contributed by atoms with Crippen LogP contribution in [0.25, 0.3) is 0 Å². The van der Waals surface area contributed by atoms with Crippen LogP contribution in [0.1, 0.15) is 11.1 Å². The SMILES string of the molecule is CNC(=O)[C@@H](Cc1ccccc1)N(Cc1ccc(F)cc1)C(=O)CN(c1ccc(F)cc1)S(=O)(=O)c1ccccc1. The summed E-state index contributed by atoms with van der Waals surface area (Å²) < 4.78 is 55.8. The number of amides is 2. The minimum absolute atomic E-state index is 0.0608. The van der Waals surface area contributed by atoms with Crippen molar-refractivity contribution in [3.8, 4) is 0 Å². The molecule has 0 aliphatic carbocycles. The van der Waals surface area contributed by atoms with Gasteiger partial charge in [0.2, 0.25) is 11.8 Å². The molecule has 7 nitrogen and oxygen atoms in total. The second-order valence-electron chi connectivity index (χ2n) is 9.27. The highest BCUT2D eigenvalue weighted by atomic mass is 32.2. The molecule has 1 N–H and O–H groups in total. The van der Waals surface area contributed by atoms with Gasteiger partial charge >= 0.3 is 0 Å². The zero-order valence-electron chi connectivity index (χ0n) is 22.3. The summed E-state index contributed by atoms with van der Waals surface area (Å²) in [6.07, 6.45) is 0.148. The average molecular weight is 578 g/mol. The van der Waals surface area contributed by atoms with Crippen molar-refractivity contribution in [3.63, 3.8) is 0 Å². The minimum Gasteiger partial charge on any atom is -0.357 e. The summed E-state index contributed by atoms with van der Waals surface area (Å²) in [6.45, 7) is -0.765. The van der Waals surface area contributed by atoms with Gasteiger partial charge in [0.25, 0.3) is 10.0 Å². The van der Waals surface area contributed by atoms with Crippen LogP contribution in [-0.4, -0.2) is 44.8 Å². The normalized spacial score (nSPS) is 11.9. The van der Waals surface area contributed by atoms with Crippen molar-refractivity contribution < 1.29 is 26.8 Å². The monoisotopic (exact) mass is 577 g/mol. The third-order valence-corrected chi connectivity index (χ3v) is 8.30. The summed E-state index contributed by atoms with van der Waals surface area (Å²) >= 11 is 0. The zero-order valence-corrected chi connectivity index (χ0v) is 23.1. The van der Waals surface area contributed by atoms with Crippen molar-refractivity contribution in [1.29, 1.82) is 0 Å². The summed E-state index contributed by atoms with van der Waals surface area (Å²) in [5.74, 6) is -2.17. The van der Waals surface area contributed by atoms with Crippen molar-refractivity contribution in [2.45, 2.75) is 23.9 Å². The maximum atomic E-state index is 14.1. The van der Waals surface area contributed by atoms with Gasteiger partial charge in [-0.1, -0.05) is 60.7 Å². The van der Waals surface area contributed by atoms with E-state index in [0.717, 1.165) is 22.0 Å². The Morgan fingerprint density at radius 3 is 1.85 bits per heavy atom. The first-order valence-electron chi connectivity index (χ1n) is 12.8. The van der Waals surface area contributed by atoms with Crippen LogP contribution >= 0.6 is 0 Å². The average Bonchev–Trinajstić information content (AvgIpc) is 2.99. The maximum Gasteiger partial charge on any atom is 0.264 e. The smallest absolute Gasteiger partial charge is 0.264 e. The minimum atomic E-state index is -4.27. The fourth-order valence-electron chi connectivity index (χ4n) is 4.36. The van der Waals surface area contributed by atoms with Gasteiger partial charge in [-0.25, -0.2) is 17.2 Å². The Bertz CT molecular complexity index is 1570. The van der Waals surface area contributed by atoms with E-state index in [-0.39, 0.29) is 23.5 Å². The highest BCUT2D eigenvalue weighted by molar-refractivity contribution is 7.92. The molecule has 0 bridgehead atoms. The highest BCUT2D eigenvalue weighted by Crippen LogP contribution is 2.25. The van der Waals surface area contributed by atoms with Gasteiger partial charge in [-0.3, -0.25) is 13.9 Å². The lowest BCUT2D eigenvalue weighted by atomic mass is 10.0. The molecule has 0 aliphatic heterocycles. The van der Waals surface area contributed by atoms with E-state index < -0.39 is 46.1 Å². The topological polar surface area (TPSA) is 86.8 Å². The van der Waals surface area contributed by atoms with E-state index in [1.165, 1.54) is 60.5 Å². The Hall–Kier alpha value is -4.57. The van der Waals surface area contributed by atoms with Crippen LogP contribution in [0.15, 0.2) is 114 Å². The molecule has 0 spiro atoms. The first-order chi connectivity index (χ1) is 19.7. The van der Waals surface area contributed by atoms with Crippen LogP contribution in [0.5, 0.6) is 0 Å². The Labute approximate surface area is 238 Å². The fraction of sp³-hybridized carbons (Fsp3) is 0.161. The molecule has 0 unspecified atom stereocenters. The van der Waals surface area contributed by atoms with E-state index in [4.69, 9.17) is 0 Å². The van der Waals surface area contributed by atoms with Crippen molar-refractivity contribution in [2.24, 2.45) is 0 Å². The van der Waals surface area contributed by atoms with E-state index in [9.17, 15) is 26.8 Å². The van der Waals surface area contributed by atoms with E-state index in [1.807, 2.05) is 30.3 Å². The van der Waals surface area contributed by atoms with Gasteiger partial charge in [0.05, 0.1) is 10.6 Å². The number of nitrogens with one attached hydrogen (secondary N) is 1. The standard InChI is InChI=1S/C31H29F2N3O4S/c1-34-31(38)29(20-23-8-4-2-5-9-23)35(21-24-12-14-25(32)15-13-24)30(37)22-36(27-18-16-26(33)17-19-27)41(39,40)28-10-6-3-7-11-28/h2-19,29H,20-22H2,1H3,(H,34,38)/t29-/m1/s1. The number of rotatable bonds is 11. The molecule has 0 saturated carbocycles. The molecule has 0 aliphatic rings. The number of hydrogen-bond donors (Lipinski definition) is 1. The number of carbonyl (C=O) groups is 2. The second kappa shape index (κ2) is 13.2. The Kier molecular flexibility index (Phi) is 9.46. The highest BCUT2D eigenvalue weighted by Gasteiger charge is 2.34. The first kappa shape index (κ1) is 29.4. The lowest BCUT2D eigenvalue weighted by Crippen LogP contribution is -2.53. The van der Waals surface area contributed by atoms with E-state index in [1.54, 1.807) is 18.2 Å². The number of anilines is 1. The molecule has 1 atom stereocenters. The molecule has 0 aromatic heterocycles. The molecular weight excluding hydrogens is 548 g/mol. The molecule has 0 fully saturated rings. The molecule has 4 rings (SSSR count). The van der Waals surface area contributed by atoms with E-state index in [0.29, 0.717) is 5.56 Å². The molecule has 4 aromatic rings. The molecule has 2 amide bonds. The number of benzene rings is 4. The summed E-state index contributed by atoms with van der Waals surface area (Å²) in [7, 11) is -2.82. The number of carbonyl (C=O) groups excluding carboxylic acids is 2. The number of sulfonamides is 1. The molecule has 10 heteroatoms. The Morgan fingerprint density at radius 2 is 1.29 bits per heavy atom. The van der Waals surface area contributed by atoms with Crippen molar-refractivity contribution in [1.82, 2.24) is 10.2 Å². The molecular formula is C31H29F2N3O4S. The maximum absolute atomic E-state index is 14.1. The largest absolute Gasteiger partial charge is 0.357 e. The fourth-order valence-corrected chi connectivity index (χ4v) is 5.80. The number of nitrogens with zero attached hydrogens (tertiary/aromatic N) is 2. The Morgan fingerprint density at radius 1 is 0.756 bits per heavy atom. The first-order valence-corrected chi connectivity index (χ1v) is 14.3. The summed E-state index contributed by atoms with van der Waals surface area (Å²) in [4.78, 5) is 28.5. The Balaban J connectivity index is 1.77. The van der Waals surface area contributed by atoms with Crippen LogP contribution in [0.3, 0.4) is 0 Å². The molecule has 212 valence electrons. The number of hydrogen-bond acceptors (Lipinski definition) is 4. The zero-order chi connectivity index (χ0) is 29.4. The van der Waals surface area contributed by atoms with Crippen molar-refractivity contribution in [3.05, 3.63) is 132 Å².